The lowest BCUT2D eigenvalue weighted by molar-refractivity contribution is 0.182. The fraction of sp³-hybridized carbons (Fsp3) is 0.412. The highest BCUT2D eigenvalue weighted by Crippen LogP contribution is 2.29. The van der Waals surface area contributed by atoms with Crippen LogP contribution in [0.15, 0.2) is 36.4 Å². The fourth-order valence-corrected chi connectivity index (χ4v) is 2.41. The number of hydrogen-bond acceptors (Lipinski definition) is 2. The minimum absolute atomic E-state index is 0.168. The summed E-state index contributed by atoms with van der Waals surface area (Å²) in [5.41, 5.74) is 0. The summed E-state index contributed by atoms with van der Waals surface area (Å²) in [7, 11) is 1.94. The first-order valence-electron chi connectivity index (χ1n) is 7.24. The Bertz CT molecular complexity index is 556. The summed E-state index contributed by atoms with van der Waals surface area (Å²) >= 11 is 0. The molecule has 0 spiro atoms. The van der Waals surface area contributed by atoms with Crippen molar-refractivity contribution in [2.75, 3.05) is 13.6 Å². The Morgan fingerprint density at radius 2 is 1.85 bits per heavy atom. The van der Waals surface area contributed by atoms with Gasteiger partial charge in [0, 0.05) is 10.8 Å². The van der Waals surface area contributed by atoms with Crippen molar-refractivity contribution in [3.8, 4) is 5.75 Å². The minimum atomic E-state index is -0.199. The lowest BCUT2D eigenvalue weighted by atomic mass is 10.1. The van der Waals surface area contributed by atoms with Gasteiger partial charge in [-0.2, -0.15) is 0 Å². The molecule has 0 heterocycles. The van der Waals surface area contributed by atoms with Gasteiger partial charge in [0.1, 0.15) is 11.6 Å². The van der Waals surface area contributed by atoms with Gasteiger partial charge < -0.3 is 10.1 Å². The molecule has 0 fully saturated rings. The summed E-state index contributed by atoms with van der Waals surface area (Å²) in [4.78, 5) is 0. The highest BCUT2D eigenvalue weighted by atomic mass is 19.1. The van der Waals surface area contributed by atoms with Gasteiger partial charge in [0.25, 0.3) is 0 Å². The largest absolute Gasteiger partial charge is 0.490 e. The van der Waals surface area contributed by atoms with E-state index in [0.29, 0.717) is 5.39 Å². The van der Waals surface area contributed by atoms with Gasteiger partial charge in [-0.3, -0.25) is 0 Å². The van der Waals surface area contributed by atoms with Crippen molar-refractivity contribution >= 4 is 10.8 Å². The van der Waals surface area contributed by atoms with E-state index in [4.69, 9.17) is 4.74 Å². The summed E-state index contributed by atoms with van der Waals surface area (Å²) in [6.45, 7) is 3.07. The molecule has 0 aliphatic heterocycles. The number of ether oxygens (including phenoxy) is 1. The second kappa shape index (κ2) is 7.25. The third kappa shape index (κ3) is 3.48. The van der Waals surface area contributed by atoms with Gasteiger partial charge in [-0.15, -0.1) is 0 Å². The lowest BCUT2D eigenvalue weighted by Gasteiger charge is -2.20. The molecule has 2 aromatic rings. The Labute approximate surface area is 119 Å². The van der Waals surface area contributed by atoms with E-state index in [9.17, 15) is 4.39 Å². The van der Waals surface area contributed by atoms with Crippen LogP contribution in [-0.4, -0.2) is 19.7 Å². The molecule has 20 heavy (non-hydrogen) atoms. The predicted molar refractivity (Wildman–Crippen MR) is 81.8 cm³/mol. The monoisotopic (exact) mass is 275 g/mol. The zero-order chi connectivity index (χ0) is 14.4. The van der Waals surface area contributed by atoms with Gasteiger partial charge >= 0.3 is 0 Å². The molecule has 0 radical (unpaired) electrons. The Morgan fingerprint density at radius 1 is 1.10 bits per heavy atom. The maximum absolute atomic E-state index is 13.8. The average molecular weight is 275 g/mol. The molecular formula is C17H22FNO. The van der Waals surface area contributed by atoms with Gasteiger partial charge in [0.05, 0.1) is 6.10 Å². The Balaban J connectivity index is 2.25. The van der Waals surface area contributed by atoms with Crippen LogP contribution in [0.1, 0.15) is 26.2 Å². The zero-order valence-corrected chi connectivity index (χ0v) is 12.2. The molecule has 0 amide bonds. The van der Waals surface area contributed by atoms with Gasteiger partial charge in [0.2, 0.25) is 0 Å². The first-order valence-corrected chi connectivity index (χ1v) is 7.24. The lowest BCUT2D eigenvalue weighted by Crippen LogP contribution is -2.22. The highest BCUT2D eigenvalue weighted by Gasteiger charge is 2.12. The van der Waals surface area contributed by atoms with Crippen LogP contribution in [0, 0.1) is 5.82 Å². The first-order chi connectivity index (χ1) is 9.76. The third-order valence-corrected chi connectivity index (χ3v) is 3.45. The first kappa shape index (κ1) is 14.8. The maximum Gasteiger partial charge on any atom is 0.131 e. The molecular weight excluding hydrogens is 253 g/mol. The van der Waals surface area contributed by atoms with Crippen LogP contribution < -0.4 is 10.1 Å². The van der Waals surface area contributed by atoms with E-state index in [1.807, 2.05) is 25.2 Å². The van der Waals surface area contributed by atoms with Crippen molar-refractivity contribution in [2.45, 2.75) is 32.3 Å². The zero-order valence-electron chi connectivity index (χ0n) is 12.2. The fourth-order valence-electron chi connectivity index (χ4n) is 2.41. The predicted octanol–water partition coefficient (Wildman–Crippen LogP) is 4.14. The van der Waals surface area contributed by atoms with Crippen LogP contribution >= 0.6 is 0 Å². The minimum Gasteiger partial charge on any atom is -0.490 e. The van der Waals surface area contributed by atoms with Crippen molar-refractivity contribution < 1.29 is 9.13 Å². The van der Waals surface area contributed by atoms with Crippen molar-refractivity contribution in [2.24, 2.45) is 0 Å². The number of nitrogens with one attached hydrogen (secondary N) is 1. The molecule has 1 N–H and O–H groups in total. The molecule has 0 unspecified atom stereocenters. The summed E-state index contributed by atoms with van der Waals surface area (Å²) < 4.78 is 19.9. The van der Waals surface area contributed by atoms with Gasteiger partial charge in [-0.1, -0.05) is 37.6 Å². The molecule has 2 aromatic carbocycles. The molecule has 3 heteroatoms. The normalized spacial score (nSPS) is 12.6. The van der Waals surface area contributed by atoms with E-state index in [2.05, 4.69) is 12.2 Å². The number of halogens is 1. The number of benzene rings is 2. The van der Waals surface area contributed by atoms with Crippen LogP contribution in [0.5, 0.6) is 5.75 Å². The van der Waals surface area contributed by atoms with E-state index in [-0.39, 0.29) is 11.9 Å². The van der Waals surface area contributed by atoms with Crippen LogP contribution in [0.2, 0.25) is 0 Å². The molecule has 1 atom stereocenters. The van der Waals surface area contributed by atoms with Crippen molar-refractivity contribution in [1.29, 1.82) is 0 Å². The van der Waals surface area contributed by atoms with Crippen molar-refractivity contribution in [3.05, 3.63) is 42.2 Å². The second-order valence-corrected chi connectivity index (χ2v) is 5.01. The molecule has 2 rings (SSSR count). The summed E-state index contributed by atoms with van der Waals surface area (Å²) in [6, 6.07) is 10.7. The summed E-state index contributed by atoms with van der Waals surface area (Å²) in [5, 5.41) is 4.61. The Morgan fingerprint density at radius 3 is 2.55 bits per heavy atom. The summed E-state index contributed by atoms with van der Waals surface area (Å²) in [5.74, 6) is 0.576. The molecule has 0 aromatic heterocycles. The van der Waals surface area contributed by atoms with Crippen molar-refractivity contribution in [3.63, 3.8) is 0 Å². The number of hydrogen-bond donors (Lipinski definition) is 1. The molecule has 0 saturated carbocycles. The molecule has 0 bridgehead atoms. The number of fused-ring (bicyclic) bond motifs is 1. The van der Waals surface area contributed by atoms with Crippen LogP contribution in [0.25, 0.3) is 10.8 Å². The molecule has 0 aliphatic carbocycles. The summed E-state index contributed by atoms with van der Waals surface area (Å²) in [6.07, 6.45) is 3.21. The molecule has 0 saturated heterocycles. The molecule has 2 nitrogen and oxygen atoms in total. The maximum atomic E-state index is 13.8. The molecule has 0 aliphatic rings. The molecule has 108 valence electrons. The van der Waals surface area contributed by atoms with E-state index >= 15 is 0 Å². The van der Waals surface area contributed by atoms with Crippen LogP contribution in [-0.2, 0) is 0 Å². The number of rotatable bonds is 7. The third-order valence-electron chi connectivity index (χ3n) is 3.45. The Kier molecular flexibility index (Phi) is 5.36. The van der Waals surface area contributed by atoms with Gasteiger partial charge in [-0.25, -0.2) is 4.39 Å². The quantitative estimate of drug-likeness (QED) is 0.820. The standard InChI is InChI=1S/C17H22FNO/c1-3-6-13(11-12-19-2)20-17-10-9-16(18)14-7-4-5-8-15(14)17/h4-5,7-10,13,19H,3,6,11-12H2,1-2H3/t13-/m1/s1. The van der Waals surface area contributed by atoms with Gasteiger partial charge in [-0.05, 0) is 38.6 Å². The van der Waals surface area contributed by atoms with E-state index in [1.165, 1.54) is 6.07 Å². The Hall–Kier alpha value is -1.61. The average Bonchev–Trinajstić information content (AvgIpc) is 2.48. The van der Waals surface area contributed by atoms with Crippen molar-refractivity contribution in [1.82, 2.24) is 5.32 Å². The smallest absolute Gasteiger partial charge is 0.131 e. The topological polar surface area (TPSA) is 21.3 Å². The van der Waals surface area contributed by atoms with Crippen LogP contribution in [0.4, 0.5) is 4.39 Å². The van der Waals surface area contributed by atoms with Gasteiger partial charge in [0.15, 0.2) is 0 Å². The second-order valence-electron chi connectivity index (χ2n) is 5.01. The SMILES string of the molecule is CCC[C@H](CCNC)Oc1ccc(F)c2ccccc12. The van der Waals surface area contributed by atoms with E-state index in [0.717, 1.165) is 36.9 Å². The van der Waals surface area contributed by atoms with E-state index in [1.54, 1.807) is 12.1 Å². The van der Waals surface area contributed by atoms with E-state index < -0.39 is 0 Å². The van der Waals surface area contributed by atoms with Crippen LogP contribution in [0.3, 0.4) is 0 Å². The highest BCUT2D eigenvalue weighted by molar-refractivity contribution is 5.88.